The number of amides is 1. The van der Waals surface area contributed by atoms with Crippen molar-refractivity contribution in [3.05, 3.63) is 47.5 Å². The van der Waals surface area contributed by atoms with E-state index in [0.29, 0.717) is 26.1 Å². The van der Waals surface area contributed by atoms with Crippen molar-refractivity contribution in [2.24, 2.45) is 11.3 Å². The molecule has 136 valence electrons. The molecule has 0 N–H and O–H groups in total. The number of carbonyl (C=O) groups is 2. The van der Waals surface area contributed by atoms with Gasteiger partial charge >= 0.3 is 0 Å². The SMILES string of the molecule is COCCN1CCC2C(C)(C)C(=O)C(C#N)=CC2(c2ccccc2)C1=O. The van der Waals surface area contributed by atoms with Crippen LogP contribution in [0.3, 0.4) is 0 Å². The standard InChI is InChI=1S/C21H24N2O3/c1-20(2)17-9-10-23(11-12-26-3)19(25)21(17,13-15(14-22)18(20)24)16-7-5-4-6-8-16/h4-8,13,17H,9-12H2,1-3H3. The van der Waals surface area contributed by atoms with Crippen molar-refractivity contribution >= 4 is 11.7 Å². The Hall–Kier alpha value is -2.45. The molecule has 1 aliphatic heterocycles. The van der Waals surface area contributed by atoms with E-state index in [1.807, 2.05) is 50.2 Å². The van der Waals surface area contributed by atoms with Gasteiger partial charge in [0, 0.05) is 25.6 Å². The van der Waals surface area contributed by atoms with Crippen molar-refractivity contribution in [2.45, 2.75) is 25.7 Å². The Kier molecular flexibility index (Phi) is 4.72. The predicted molar refractivity (Wildman–Crippen MR) is 97.2 cm³/mol. The molecule has 26 heavy (non-hydrogen) atoms. The molecule has 1 heterocycles. The van der Waals surface area contributed by atoms with Gasteiger partial charge in [0.05, 0.1) is 17.6 Å². The number of carbonyl (C=O) groups excluding carboxylic acids is 2. The number of likely N-dealkylation sites (tertiary alicyclic amines) is 1. The van der Waals surface area contributed by atoms with E-state index >= 15 is 0 Å². The molecule has 2 aliphatic rings. The zero-order valence-corrected chi connectivity index (χ0v) is 15.5. The van der Waals surface area contributed by atoms with Crippen LogP contribution in [0, 0.1) is 22.7 Å². The molecule has 0 bridgehead atoms. The fraction of sp³-hybridized carbons (Fsp3) is 0.476. The van der Waals surface area contributed by atoms with E-state index in [4.69, 9.17) is 4.74 Å². The summed E-state index contributed by atoms with van der Waals surface area (Å²) in [6.07, 6.45) is 2.33. The number of methoxy groups -OCH3 is 1. The minimum absolute atomic E-state index is 0.0506. The number of fused-ring (bicyclic) bond motifs is 1. The Balaban J connectivity index is 2.23. The van der Waals surface area contributed by atoms with Crippen LogP contribution in [0.25, 0.3) is 0 Å². The van der Waals surface area contributed by atoms with Gasteiger partial charge in [-0.25, -0.2) is 0 Å². The molecule has 5 heteroatoms. The number of nitriles is 1. The number of piperidine rings is 1. The lowest BCUT2D eigenvalue weighted by Crippen LogP contribution is -2.62. The van der Waals surface area contributed by atoms with Crippen LogP contribution in [0.4, 0.5) is 0 Å². The molecule has 1 aromatic rings. The highest BCUT2D eigenvalue weighted by atomic mass is 16.5. The first-order chi connectivity index (χ1) is 12.4. The van der Waals surface area contributed by atoms with E-state index < -0.39 is 10.8 Å². The number of rotatable bonds is 4. The summed E-state index contributed by atoms with van der Waals surface area (Å²) in [6, 6.07) is 11.6. The third-order valence-corrected chi connectivity index (χ3v) is 5.89. The van der Waals surface area contributed by atoms with Gasteiger partial charge in [0.25, 0.3) is 0 Å². The number of nitrogens with zero attached hydrogens (tertiary/aromatic N) is 2. The lowest BCUT2D eigenvalue weighted by atomic mass is 9.52. The Labute approximate surface area is 154 Å². The summed E-state index contributed by atoms with van der Waals surface area (Å²) in [6.45, 7) is 5.27. The van der Waals surface area contributed by atoms with E-state index in [-0.39, 0.29) is 23.2 Å². The molecule has 1 fully saturated rings. The van der Waals surface area contributed by atoms with Crippen LogP contribution < -0.4 is 0 Å². The molecule has 1 aromatic carbocycles. The molecule has 1 amide bonds. The van der Waals surface area contributed by atoms with Gasteiger partial charge in [0.1, 0.15) is 6.07 Å². The zero-order chi connectivity index (χ0) is 18.9. The van der Waals surface area contributed by atoms with Crippen LogP contribution in [-0.4, -0.2) is 43.4 Å². The van der Waals surface area contributed by atoms with Gasteiger partial charge in [-0.05, 0) is 24.0 Å². The number of ketones is 1. The first-order valence-corrected chi connectivity index (χ1v) is 8.91. The molecular weight excluding hydrogens is 328 g/mol. The van der Waals surface area contributed by atoms with Gasteiger partial charge in [-0.2, -0.15) is 5.26 Å². The van der Waals surface area contributed by atoms with Crippen molar-refractivity contribution in [3.63, 3.8) is 0 Å². The Morgan fingerprint density at radius 1 is 1.27 bits per heavy atom. The number of Topliss-reactive ketones (excluding diaryl/α,β-unsaturated/α-hetero) is 1. The minimum Gasteiger partial charge on any atom is -0.383 e. The van der Waals surface area contributed by atoms with Crippen LogP contribution in [0.15, 0.2) is 42.0 Å². The third-order valence-electron chi connectivity index (χ3n) is 5.89. The third kappa shape index (κ3) is 2.57. The second kappa shape index (κ2) is 6.69. The average molecular weight is 352 g/mol. The summed E-state index contributed by atoms with van der Waals surface area (Å²) < 4.78 is 5.15. The van der Waals surface area contributed by atoms with Crippen LogP contribution in [0.2, 0.25) is 0 Å². The smallest absolute Gasteiger partial charge is 0.237 e. The van der Waals surface area contributed by atoms with E-state index in [1.165, 1.54) is 0 Å². The normalized spacial score (nSPS) is 27.5. The lowest BCUT2D eigenvalue weighted by Gasteiger charge is -2.53. The van der Waals surface area contributed by atoms with E-state index in [1.54, 1.807) is 18.1 Å². The summed E-state index contributed by atoms with van der Waals surface area (Å²) in [7, 11) is 1.61. The first kappa shape index (κ1) is 18.3. The number of hydrogen-bond acceptors (Lipinski definition) is 4. The molecule has 0 spiro atoms. The van der Waals surface area contributed by atoms with Crippen LogP contribution >= 0.6 is 0 Å². The van der Waals surface area contributed by atoms with E-state index in [2.05, 4.69) is 0 Å². The van der Waals surface area contributed by atoms with E-state index in [0.717, 1.165) is 5.56 Å². The second-order valence-electron chi connectivity index (χ2n) is 7.58. The quantitative estimate of drug-likeness (QED) is 0.835. The second-order valence-corrected chi connectivity index (χ2v) is 7.58. The molecule has 0 aromatic heterocycles. The maximum atomic E-state index is 13.6. The van der Waals surface area contributed by atoms with Gasteiger partial charge in [-0.3, -0.25) is 9.59 Å². The lowest BCUT2D eigenvalue weighted by molar-refractivity contribution is -0.149. The molecule has 0 saturated carbocycles. The summed E-state index contributed by atoms with van der Waals surface area (Å²) in [5.74, 6) is -0.409. The minimum atomic E-state index is -0.990. The highest BCUT2D eigenvalue weighted by Crippen LogP contribution is 2.53. The number of ether oxygens (including phenoxy) is 1. The summed E-state index contributed by atoms with van der Waals surface area (Å²) in [4.78, 5) is 28.3. The van der Waals surface area contributed by atoms with Gasteiger partial charge < -0.3 is 9.64 Å². The topological polar surface area (TPSA) is 70.4 Å². The zero-order valence-electron chi connectivity index (χ0n) is 15.5. The Morgan fingerprint density at radius 2 is 1.96 bits per heavy atom. The molecule has 2 atom stereocenters. The van der Waals surface area contributed by atoms with Gasteiger partial charge in [0.15, 0.2) is 5.78 Å². The van der Waals surface area contributed by atoms with Crippen LogP contribution in [0.5, 0.6) is 0 Å². The first-order valence-electron chi connectivity index (χ1n) is 8.91. The monoisotopic (exact) mass is 352 g/mol. The fourth-order valence-corrected chi connectivity index (χ4v) is 4.54. The Bertz CT molecular complexity index is 791. The molecular formula is C21H24N2O3. The number of allylic oxidation sites excluding steroid dienone is 1. The van der Waals surface area contributed by atoms with Crippen molar-refractivity contribution in [1.82, 2.24) is 4.90 Å². The summed E-state index contributed by atoms with van der Waals surface area (Å²) >= 11 is 0. The molecule has 1 aliphatic carbocycles. The molecule has 1 saturated heterocycles. The van der Waals surface area contributed by atoms with E-state index in [9.17, 15) is 14.9 Å². The summed E-state index contributed by atoms with van der Waals surface area (Å²) in [5, 5.41) is 9.55. The maximum absolute atomic E-state index is 13.6. The Morgan fingerprint density at radius 3 is 2.58 bits per heavy atom. The average Bonchev–Trinajstić information content (AvgIpc) is 2.65. The van der Waals surface area contributed by atoms with Crippen molar-refractivity contribution in [1.29, 1.82) is 5.26 Å². The molecule has 3 rings (SSSR count). The van der Waals surface area contributed by atoms with Crippen molar-refractivity contribution < 1.29 is 14.3 Å². The van der Waals surface area contributed by atoms with Gasteiger partial charge in [-0.15, -0.1) is 0 Å². The highest BCUT2D eigenvalue weighted by molar-refractivity contribution is 6.08. The molecule has 0 radical (unpaired) electrons. The van der Waals surface area contributed by atoms with Crippen LogP contribution in [-0.2, 0) is 19.7 Å². The van der Waals surface area contributed by atoms with Gasteiger partial charge in [-0.1, -0.05) is 44.2 Å². The fourth-order valence-electron chi connectivity index (χ4n) is 4.54. The number of hydrogen-bond donors (Lipinski definition) is 0. The van der Waals surface area contributed by atoms with Crippen LogP contribution in [0.1, 0.15) is 25.8 Å². The summed E-state index contributed by atoms with van der Waals surface area (Å²) in [5.41, 5.74) is -0.850. The molecule has 2 unspecified atom stereocenters. The highest BCUT2D eigenvalue weighted by Gasteiger charge is 2.60. The van der Waals surface area contributed by atoms with Crippen molar-refractivity contribution in [2.75, 3.05) is 26.8 Å². The number of benzene rings is 1. The molecule has 5 nitrogen and oxygen atoms in total. The van der Waals surface area contributed by atoms with Gasteiger partial charge in [0.2, 0.25) is 5.91 Å². The largest absolute Gasteiger partial charge is 0.383 e. The van der Waals surface area contributed by atoms with Crippen molar-refractivity contribution in [3.8, 4) is 6.07 Å². The maximum Gasteiger partial charge on any atom is 0.237 e. The predicted octanol–water partition coefficient (Wildman–Crippen LogP) is 2.48.